The first-order valence-corrected chi connectivity index (χ1v) is 14.0. The van der Waals surface area contributed by atoms with Gasteiger partial charge in [0, 0.05) is 14.2 Å². The van der Waals surface area contributed by atoms with Gasteiger partial charge in [-0.25, -0.2) is 0 Å². The number of carbonyl (C=O) groups is 1. The van der Waals surface area contributed by atoms with Crippen molar-refractivity contribution in [2.45, 2.75) is 6.29 Å². The van der Waals surface area contributed by atoms with E-state index in [4.69, 9.17) is 13.9 Å². The van der Waals surface area contributed by atoms with Gasteiger partial charge in [0.05, 0.1) is 6.54 Å². The van der Waals surface area contributed by atoms with Gasteiger partial charge in [0.25, 0.3) is 5.91 Å². The zero-order chi connectivity index (χ0) is 25.9. The number of benzene rings is 4. The van der Waals surface area contributed by atoms with Gasteiger partial charge < -0.3 is 19.2 Å². The molecule has 0 heterocycles. The molecule has 188 valence electrons. The second kappa shape index (κ2) is 12.8. The lowest BCUT2D eigenvalue weighted by atomic mass is 10.2. The molecule has 0 bridgehead atoms. The van der Waals surface area contributed by atoms with Gasteiger partial charge in [-0.2, -0.15) is 0 Å². The molecule has 0 atom stereocenters. The van der Waals surface area contributed by atoms with Crippen LogP contribution in [0.2, 0.25) is 0 Å². The third-order valence-corrected chi connectivity index (χ3v) is 10.0. The monoisotopic (exact) mass is 509 g/mol. The Morgan fingerprint density at radius 3 is 1.51 bits per heavy atom. The van der Waals surface area contributed by atoms with Crippen LogP contribution in [0.3, 0.4) is 0 Å². The summed E-state index contributed by atoms with van der Waals surface area (Å²) in [7, 11) is -0.0932. The molecule has 4 aromatic rings. The minimum absolute atomic E-state index is 0.178. The summed E-state index contributed by atoms with van der Waals surface area (Å²) in [6.07, 6.45) is 1.22. The molecule has 0 aliphatic heterocycles. The van der Waals surface area contributed by atoms with Gasteiger partial charge in [-0.05, 0) is 27.2 Å². The Morgan fingerprint density at radius 2 is 1.11 bits per heavy atom. The fraction of sp³-hybridized carbons (Fsp3) is 0.129. The van der Waals surface area contributed by atoms with E-state index in [-0.39, 0.29) is 18.2 Å². The molecule has 0 radical (unpaired) electrons. The lowest BCUT2D eigenvalue weighted by Crippen LogP contribution is -2.69. The fourth-order valence-corrected chi connectivity index (χ4v) is 8.05. The molecule has 6 heteroatoms. The predicted molar refractivity (Wildman–Crippen MR) is 150 cm³/mol. The number of rotatable bonds is 11. The van der Waals surface area contributed by atoms with Gasteiger partial charge in [0.15, 0.2) is 12.0 Å². The Kier molecular flexibility index (Phi) is 9.05. The van der Waals surface area contributed by atoms with Crippen molar-refractivity contribution in [3.8, 4) is 0 Å². The Balaban J connectivity index is 1.89. The van der Waals surface area contributed by atoms with E-state index in [2.05, 4.69) is 41.7 Å². The molecular formula is C31H31NO4Si. The molecule has 0 spiro atoms. The molecule has 37 heavy (non-hydrogen) atoms. The molecule has 1 N–H and O–H groups in total. The SMILES string of the molecule is COC(CNC(=O)/C(=C/c1ccccc1)O[Si](c1ccccc1)(c1ccccc1)c1ccccc1)OC. The Morgan fingerprint density at radius 1 is 0.703 bits per heavy atom. The van der Waals surface area contributed by atoms with E-state index in [1.807, 2.05) is 84.9 Å². The minimum atomic E-state index is -3.17. The zero-order valence-electron chi connectivity index (χ0n) is 21.0. The van der Waals surface area contributed by atoms with E-state index in [9.17, 15) is 4.79 Å². The molecular weight excluding hydrogens is 478 g/mol. The van der Waals surface area contributed by atoms with Gasteiger partial charge >= 0.3 is 8.32 Å². The summed E-state index contributed by atoms with van der Waals surface area (Å²) in [4.78, 5) is 13.7. The molecule has 0 saturated carbocycles. The number of carbonyl (C=O) groups excluding carboxylic acids is 1. The first kappa shape index (κ1) is 26.1. The number of ether oxygens (including phenoxy) is 2. The van der Waals surface area contributed by atoms with Crippen molar-refractivity contribution >= 4 is 35.9 Å². The van der Waals surface area contributed by atoms with Gasteiger partial charge in [0.1, 0.15) is 0 Å². The molecule has 0 aliphatic rings. The third kappa shape index (κ3) is 6.24. The van der Waals surface area contributed by atoms with Crippen molar-refractivity contribution < 1.29 is 18.7 Å². The van der Waals surface area contributed by atoms with Gasteiger partial charge in [-0.3, -0.25) is 4.79 Å². The topological polar surface area (TPSA) is 56.8 Å². The summed E-state index contributed by atoms with van der Waals surface area (Å²) >= 11 is 0. The van der Waals surface area contributed by atoms with Crippen LogP contribution in [-0.2, 0) is 18.7 Å². The van der Waals surface area contributed by atoms with Crippen molar-refractivity contribution in [1.29, 1.82) is 0 Å². The third-order valence-electron chi connectivity index (χ3n) is 6.08. The van der Waals surface area contributed by atoms with Crippen LogP contribution in [0.1, 0.15) is 5.56 Å². The number of amides is 1. The van der Waals surface area contributed by atoms with Gasteiger partial charge in [0.2, 0.25) is 0 Å². The molecule has 0 fully saturated rings. The maximum Gasteiger partial charge on any atom is 0.347 e. The van der Waals surface area contributed by atoms with Crippen molar-refractivity contribution in [2.75, 3.05) is 20.8 Å². The molecule has 0 saturated heterocycles. The standard InChI is InChI=1S/C31H31NO4Si/c1-34-30(35-2)24-32-31(33)29(23-25-15-7-3-8-16-25)36-37(26-17-9-4-10-18-26,27-19-11-5-12-20-27)28-21-13-6-14-22-28/h3-23,30H,24H2,1-2H3,(H,32,33)/b29-23-. The van der Waals surface area contributed by atoms with E-state index >= 15 is 0 Å². The number of hydrogen-bond donors (Lipinski definition) is 1. The van der Waals surface area contributed by atoms with Crippen molar-refractivity contribution in [3.05, 3.63) is 133 Å². The van der Waals surface area contributed by atoms with Gasteiger partial charge in [-0.15, -0.1) is 0 Å². The number of hydrogen-bond acceptors (Lipinski definition) is 4. The molecule has 0 unspecified atom stereocenters. The molecule has 4 rings (SSSR count). The predicted octanol–water partition coefficient (Wildman–Crippen LogP) is 3.45. The quantitative estimate of drug-likeness (QED) is 0.111. The highest BCUT2D eigenvalue weighted by Gasteiger charge is 2.45. The van der Waals surface area contributed by atoms with Crippen LogP contribution in [-0.4, -0.2) is 41.3 Å². The van der Waals surface area contributed by atoms with Crippen LogP contribution in [0.25, 0.3) is 6.08 Å². The van der Waals surface area contributed by atoms with Crippen LogP contribution in [0.4, 0.5) is 0 Å². The summed E-state index contributed by atoms with van der Waals surface area (Å²) in [5.41, 5.74) is 0.861. The van der Waals surface area contributed by atoms with E-state index in [1.54, 1.807) is 6.08 Å². The van der Waals surface area contributed by atoms with Crippen LogP contribution in [0.15, 0.2) is 127 Å². The summed E-state index contributed by atoms with van der Waals surface area (Å²) in [6.45, 7) is 0.178. The minimum Gasteiger partial charge on any atom is -0.527 e. The van der Waals surface area contributed by atoms with Crippen molar-refractivity contribution in [2.24, 2.45) is 0 Å². The molecule has 1 amide bonds. The average Bonchev–Trinajstić information content (AvgIpc) is 2.97. The Bertz CT molecular complexity index is 1180. The normalized spacial score (nSPS) is 11.8. The van der Waals surface area contributed by atoms with Crippen LogP contribution in [0.5, 0.6) is 0 Å². The summed E-state index contributed by atoms with van der Waals surface area (Å²) < 4.78 is 17.6. The second-order valence-electron chi connectivity index (χ2n) is 8.41. The Hall–Kier alpha value is -3.97. The van der Waals surface area contributed by atoms with Gasteiger partial charge in [-0.1, -0.05) is 121 Å². The van der Waals surface area contributed by atoms with E-state index in [0.717, 1.165) is 21.1 Å². The first-order chi connectivity index (χ1) is 18.2. The fourth-order valence-electron chi connectivity index (χ4n) is 4.23. The van der Waals surface area contributed by atoms with Crippen molar-refractivity contribution in [1.82, 2.24) is 5.32 Å². The van der Waals surface area contributed by atoms with Crippen LogP contribution >= 0.6 is 0 Å². The van der Waals surface area contributed by atoms with Crippen LogP contribution < -0.4 is 20.9 Å². The highest BCUT2D eigenvalue weighted by molar-refractivity contribution is 7.07. The molecule has 5 nitrogen and oxygen atoms in total. The first-order valence-electron chi connectivity index (χ1n) is 12.1. The summed E-state index contributed by atoms with van der Waals surface area (Å²) in [6, 6.07) is 40.2. The lowest BCUT2D eigenvalue weighted by Gasteiger charge is -2.34. The summed E-state index contributed by atoms with van der Waals surface area (Å²) in [5, 5.41) is 6.02. The maximum atomic E-state index is 13.7. The van der Waals surface area contributed by atoms with Crippen LogP contribution in [0, 0.1) is 0 Å². The van der Waals surface area contributed by atoms with E-state index in [1.165, 1.54) is 14.2 Å². The van der Waals surface area contributed by atoms with Crippen molar-refractivity contribution in [3.63, 3.8) is 0 Å². The lowest BCUT2D eigenvalue weighted by molar-refractivity contribution is -0.126. The Labute approximate surface area is 219 Å². The molecule has 0 aromatic heterocycles. The largest absolute Gasteiger partial charge is 0.527 e. The number of nitrogens with one attached hydrogen (secondary N) is 1. The van der Waals surface area contributed by atoms with E-state index < -0.39 is 14.6 Å². The maximum absolute atomic E-state index is 13.7. The second-order valence-corrected chi connectivity index (χ2v) is 11.7. The smallest absolute Gasteiger partial charge is 0.347 e. The highest BCUT2D eigenvalue weighted by atomic mass is 28.4. The number of methoxy groups -OCH3 is 2. The zero-order valence-corrected chi connectivity index (χ0v) is 22.0. The molecule has 4 aromatic carbocycles. The van der Waals surface area contributed by atoms with E-state index in [0.29, 0.717) is 0 Å². The summed E-state index contributed by atoms with van der Waals surface area (Å²) in [5.74, 6) is -0.122. The highest BCUT2D eigenvalue weighted by Crippen LogP contribution is 2.17. The average molecular weight is 510 g/mol. The molecule has 0 aliphatic carbocycles.